The molecule has 0 heterocycles. The highest BCUT2D eigenvalue weighted by Crippen LogP contribution is 2.23. The molecule has 1 rings (SSSR count). The molecule has 2 amide bonds. The van der Waals surface area contributed by atoms with Crippen molar-refractivity contribution in [2.24, 2.45) is 0 Å². The van der Waals surface area contributed by atoms with Crippen LogP contribution in [0, 0.1) is 0 Å². The van der Waals surface area contributed by atoms with Gasteiger partial charge in [-0.3, -0.25) is 0 Å². The van der Waals surface area contributed by atoms with Gasteiger partial charge in [-0.25, -0.2) is 9.59 Å². The molecule has 0 aliphatic rings. The zero-order valence-corrected chi connectivity index (χ0v) is 12.4. The summed E-state index contributed by atoms with van der Waals surface area (Å²) in [6, 6.07) is 3.83. The minimum absolute atomic E-state index is 0.0700. The summed E-state index contributed by atoms with van der Waals surface area (Å²) in [6.45, 7) is 1.28. The fourth-order valence-electron chi connectivity index (χ4n) is 1.42. The Hall–Kier alpha value is -1.79. The standard InChI is InChI=1S/C13H18ClN3O3/c1-16(2)6-7-17(3)13(20)15-11-8-9(12(18)19)4-5-10(11)14/h4-5,8H,6-7H2,1-3H3,(H,15,20)(H,18,19). The third kappa shape index (κ3) is 4.71. The Morgan fingerprint density at radius 1 is 1.25 bits per heavy atom. The highest BCUT2D eigenvalue weighted by molar-refractivity contribution is 6.33. The predicted octanol–water partition coefficient (Wildman–Crippen LogP) is 2.06. The number of rotatable bonds is 5. The topological polar surface area (TPSA) is 72.9 Å². The molecule has 0 radical (unpaired) electrons. The lowest BCUT2D eigenvalue weighted by Crippen LogP contribution is -2.36. The first-order valence-electron chi connectivity index (χ1n) is 6.01. The van der Waals surface area contributed by atoms with Gasteiger partial charge < -0.3 is 20.2 Å². The molecule has 0 fully saturated rings. The largest absolute Gasteiger partial charge is 0.478 e. The van der Waals surface area contributed by atoms with Gasteiger partial charge in [0.15, 0.2) is 0 Å². The van der Waals surface area contributed by atoms with Gasteiger partial charge in [0.1, 0.15) is 0 Å². The molecule has 2 N–H and O–H groups in total. The number of amides is 2. The summed E-state index contributed by atoms with van der Waals surface area (Å²) in [5, 5.41) is 11.8. The van der Waals surface area contributed by atoms with Crippen LogP contribution in [0.3, 0.4) is 0 Å². The maximum absolute atomic E-state index is 11.9. The smallest absolute Gasteiger partial charge is 0.335 e. The SMILES string of the molecule is CN(C)CCN(C)C(=O)Nc1cc(C(=O)O)ccc1Cl. The molecule has 0 unspecified atom stereocenters. The molecule has 1 aromatic rings. The lowest BCUT2D eigenvalue weighted by molar-refractivity contribution is 0.0697. The number of benzene rings is 1. The van der Waals surface area contributed by atoms with Crippen molar-refractivity contribution in [3.63, 3.8) is 0 Å². The van der Waals surface area contributed by atoms with E-state index in [1.807, 2.05) is 19.0 Å². The van der Waals surface area contributed by atoms with Gasteiger partial charge in [0.2, 0.25) is 0 Å². The zero-order valence-electron chi connectivity index (χ0n) is 11.7. The summed E-state index contributed by atoms with van der Waals surface area (Å²) < 4.78 is 0. The van der Waals surface area contributed by atoms with Gasteiger partial charge in [0, 0.05) is 20.1 Å². The van der Waals surface area contributed by atoms with Crippen LogP contribution in [0.4, 0.5) is 10.5 Å². The molecule has 0 spiro atoms. The van der Waals surface area contributed by atoms with E-state index in [0.29, 0.717) is 11.6 Å². The quantitative estimate of drug-likeness (QED) is 0.873. The molecule has 0 saturated carbocycles. The van der Waals surface area contributed by atoms with Crippen LogP contribution >= 0.6 is 11.6 Å². The van der Waals surface area contributed by atoms with Crippen molar-refractivity contribution in [3.05, 3.63) is 28.8 Å². The van der Waals surface area contributed by atoms with E-state index in [9.17, 15) is 9.59 Å². The van der Waals surface area contributed by atoms with E-state index in [4.69, 9.17) is 16.7 Å². The molecule has 0 aromatic heterocycles. The second kappa shape index (κ2) is 7.12. The molecule has 7 heteroatoms. The van der Waals surface area contributed by atoms with Crippen molar-refractivity contribution in [3.8, 4) is 0 Å². The number of carbonyl (C=O) groups is 2. The Kier molecular flexibility index (Phi) is 5.79. The highest BCUT2D eigenvalue weighted by atomic mass is 35.5. The van der Waals surface area contributed by atoms with Crippen LogP contribution in [0.25, 0.3) is 0 Å². The summed E-state index contributed by atoms with van der Waals surface area (Å²) in [5.41, 5.74) is 0.355. The average Bonchev–Trinajstić information content (AvgIpc) is 2.37. The van der Waals surface area contributed by atoms with Crippen LogP contribution in [0.2, 0.25) is 5.02 Å². The predicted molar refractivity (Wildman–Crippen MR) is 78.6 cm³/mol. The van der Waals surface area contributed by atoms with Crippen LogP contribution in [0.15, 0.2) is 18.2 Å². The molecule has 0 saturated heterocycles. The van der Waals surface area contributed by atoms with E-state index in [1.54, 1.807) is 7.05 Å². The van der Waals surface area contributed by atoms with Crippen LogP contribution in [-0.4, -0.2) is 61.1 Å². The van der Waals surface area contributed by atoms with Crippen molar-refractivity contribution in [2.45, 2.75) is 0 Å². The number of hydrogen-bond acceptors (Lipinski definition) is 3. The number of carboxylic acid groups (broad SMARTS) is 1. The Morgan fingerprint density at radius 3 is 2.45 bits per heavy atom. The maximum atomic E-state index is 11.9. The lowest BCUT2D eigenvalue weighted by Gasteiger charge is -2.20. The number of urea groups is 1. The van der Waals surface area contributed by atoms with Gasteiger partial charge in [-0.2, -0.15) is 0 Å². The van der Waals surface area contributed by atoms with Gasteiger partial charge in [-0.15, -0.1) is 0 Å². The summed E-state index contributed by atoms with van der Waals surface area (Å²) in [7, 11) is 5.49. The second-order valence-electron chi connectivity index (χ2n) is 4.65. The van der Waals surface area contributed by atoms with E-state index in [2.05, 4.69) is 5.32 Å². The molecule has 20 heavy (non-hydrogen) atoms. The second-order valence-corrected chi connectivity index (χ2v) is 5.06. The maximum Gasteiger partial charge on any atom is 0.335 e. The molecular weight excluding hydrogens is 282 g/mol. The Morgan fingerprint density at radius 2 is 1.90 bits per heavy atom. The van der Waals surface area contributed by atoms with Gasteiger partial charge in [0.05, 0.1) is 16.3 Å². The van der Waals surface area contributed by atoms with Gasteiger partial charge in [0.25, 0.3) is 0 Å². The van der Waals surface area contributed by atoms with Crippen LogP contribution in [0.5, 0.6) is 0 Å². The normalized spacial score (nSPS) is 10.4. The number of likely N-dealkylation sites (N-methyl/N-ethyl adjacent to an activating group) is 2. The molecule has 0 aliphatic heterocycles. The number of nitrogens with zero attached hydrogens (tertiary/aromatic N) is 2. The van der Waals surface area contributed by atoms with Crippen LogP contribution in [-0.2, 0) is 0 Å². The molecular formula is C13H18ClN3O3. The number of halogens is 1. The summed E-state index contributed by atoms with van der Waals surface area (Å²) >= 11 is 5.94. The van der Waals surface area contributed by atoms with Crippen molar-refractivity contribution in [1.82, 2.24) is 9.80 Å². The summed E-state index contributed by atoms with van der Waals surface area (Å²) in [6.07, 6.45) is 0. The van der Waals surface area contributed by atoms with E-state index in [-0.39, 0.29) is 17.3 Å². The van der Waals surface area contributed by atoms with E-state index in [1.165, 1.54) is 23.1 Å². The first kappa shape index (κ1) is 16.3. The average molecular weight is 300 g/mol. The summed E-state index contributed by atoms with van der Waals surface area (Å²) in [4.78, 5) is 26.3. The third-order valence-electron chi connectivity index (χ3n) is 2.68. The van der Waals surface area contributed by atoms with Crippen molar-refractivity contribution < 1.29 is 14.7 Å². The zero-order chi connectivity index (χ0) is 15.3. The molecule has 0 bridgehead atoms. The summed E-state index contributed by atoms with van der Waals surface area (Å²) in [5.74, 6) is -1.07. The fourth-order valence-corrected chi connectivity index (χ4v) is 1.58. The molecule has 1 aromatic carbocycles. The third-order valence-corrected chi connectivity index (χ3v) is 3.01. The number of carboxylic acids is 1. The molecule has 110 valence electrons. The van der Waals surface area contributed by atoms with Crippen molar-refractivity contribution in [2.75, 3.05) is 39.5 Å². The first-order chi connectivity index (χ1) is 9.31. The van der Waals surface area contributed by atoms with Crippen LogP contribution < -0.4 is 5.32 Å². The number of anilines is 1. The van der Waals surface area contributed by atoms with E-state index >= 15 is 0 Å². The van der Waals surface area contributed by atoms with Crippen molar-refractivity contribution in [1.29, 1.82) is 0 Å². The minimum Gasteiger partial charge on any atom is -0.478 e. The molecule has 0 aliphatic carbocycles. The van der Waals surface area contributed by atoms with Gasteiger partial charge >= 0.3 is 12.0 Å². The highest BCUT2D eigenvalue weighted by Gasteiger charge is 2.13. The molecule has 6 nitrogen and oxygen atoms in total. The van der Waals surface area contributed by atoms with E-state index < -0.39 is 5.97 Å². The Bertz CT molecular complexity index is 506. The van der Waals surface area contributed by atoms with Gasteiger partial charge in [-0.05, 0) is 32.3 Å². The number of hydrogen-bond donors (Lipinski definition) is 2. The number of carbonyl (C=O) groups excluding carboxylic acids is 1. The Labute approximate surface area is 122 Å². The number of aromatic carboxylic acids is 1. The Balaban J connectivity index is 2.74. The first-order valence-corrected chi connectivity index (χ1v) is 6.38. The fraction of sp³-hybridized carbons (Fsp3) is 0.385. The van der Waals surface area contributed by atoms with Gasteiger partial charge in [-0.1, -0.05) is 11.6 Å². The van der Waals surface area contributed by atoms with Crippen molar-refractivity contribution >= 4 is 29.3 Å². The molecule has 0 atom stereocenters. The number of nitrogens with one attached hydrogen (secondary N) is 1. The monoisotopic (exact) mass is 299 g/mol. The lowest BCUT2D eigenvalue weighted by atomic mass is 10.2. The van der Waals surface area contributed by atoms with E-state index in [0.717, 1.165) is 6.54 Å². The van der Waals surface area contributed by atoms with Crippen LogP contribution in [0.1, 0.15) is 10.4 Å². The minimum atomic E-state index is -1.07.